The second-order valence-electron chi connectivity index (χ2n) is 5.16. The molecule has 0 saturated heterocycles. The van der Waals surface area contributed by atoms with Crippen LogP contribution in [0.25, 0.3) is 0 Å². The molecule has 0 saturated carbocycles. The van der Waals surface area contributed by atoms with Crippen LogP contribution in [0.4, 0.5) is 0 Å². The molecule has 22 heavy (non-hydrogen) atoms. The molecule has 2 aromatic rings. The fourth-order valence-electron chi connectivity index (χ4n) is 2.57. The maximum absolute atomic E-state index is 12.3. The Bertz CT molecular complexity index is 680. The molecule has 1 amide bonds. The van der Waals surface area contributed by atoms with Crippen LogP contribution >= 0.6 is 0 Å². The second kappa shape index (κ2) is 6.98. The number of para-hydroxylation sites is 1. The largest absolute Gasteiger partial charge is 0.496 e. The molecule has 4 heteroatoms. The van der Waals surface area contributed by atoms with Crippen molar-refractivity contribution >= 4 is 5.91 Å². The van der Waals surface area contributed by atoms with Crippen molar-refractivity contribution in [3.05, 3.63) is 58.7 Å². The summed E-state index contributed by atoms with van der Waals surface area (Å²) in [5.41, 5.74) is 3.68. The Morgan fingerprint density at radius 3 is 2.50 bits per heavy atom. The van der Waals surface area contributed by atoms with Gasteiger partial charge in [0.1, 0.15) is 11.5 Å². The number of carbonyl (C=O) groups is 1. The highest BCUT2D eigenvalue weighted by atomic mass is 16.5. The second-order valence-corrected chi connectivity index (χ2v) is 5.16. The molecule has 2 aromatic carbocycles. The topological polar surface area (TPSA) is 47.6 Å². The maximum Gasteiger partial charge on any atom is 0.255 e. The van der Waals surface area contributed by atoms with E-state index in [1.54, 1.807) is 26.4 Å². The summed E-state index contributed by atoms with van der Waals surface area (Å²) < 4.78 is 10.7. The van der Waals surface area contributed by atoms with Gasteiger partial charge in [0.25, 0.3) is 5.91 Å². The molecule has 0 aliphatic carbocycles. The number of hydrogen-bond donors (Lipinski definition) is 1. The normalized spacial score (nSPS) is 10.2. The van der Waals surface area contributed by atoms with E-state index in [1.807, 2.05) is 32.0 Å². The fraction of sp³-hybridized carbons (Fsp3) is 0.278. The highest BCUT2D eigenvalue weighted by Crippen LogP contribution is 2.25. The average Bonchev–Trinajstić information content (AvgIpc) is 2.52. The first-order valence-electron chi connectivity index (χ1n) is 7.12. The third-order valence-corrected chi connectivity index (χ3v) is 3.49. The van der Waals surface area contributed by atoms with Crippen molar-refractivity contribution in [2.75, 3.05) is 14.2 Å². The summed E-state index contributed by atoms with van der Waals surface area (Å²) in [4.78, 5) is 12.3. The van der Waals surface area contributed by atoms with Gasteiger partial charge >= 0.3 is 0 Å². The Kier molecular flexibility index (Phi) is 5.04. The van der Waals surface area contributed by atoms with Crippen molar-refractivity contribution in [1.29, 1.82) is 0 Å². The van der Waals surface area contributed by atoms with Crippen molar-refractivity contribution in [3.63, 3.8) is 0 Å². The van der Waals surface area contributed by atoms with E-state index >= 15 is 0 Å². The van der Waals surface area contributed by atoms with Gasteiger partial charge < -0.3 is 14.8 Å². The summed E-state index contributed by atoms with van der Waals surface area (Å²) in [5, 5.41) is 2.92. The molecule has 0 spiro atoms. The zero-order valence-corrected chi connectivity index (χ0v) is 13.4. The van der Waals surface area contributed by atoms with Crippen LogP contribution in [0.2, 0.25) is 0 Å². The number of aryl methyl sites for hydroxylation is 2. The van der Waals surface area contributed by atoms with E-state index < -0.39 is 0 Å². The summed E-state index contributed by atoms with van der Waals surface area (Å²) in [6.07, 6.45) is 0. The maximum atomic E-state index is 12.3. The van der Waals surface area contributed by atoms with Crippen molar-refractivity contribution < 1.29 is 14.3 Å². The molecular formula is C18H21NO3. The Labute approximate surface area is 131 Å². The number of ether oxygens (including phenoxy) is 2. The predicted molar refractivity (Wildman–Crippen MR) is 86.6 cm³/mol. The summed E-state index contributed by atoms with van der Waals surface area (Å²) in [6, 6.07) is 11.2. The van der Waals surface area contributed by atoms with E-state index in [0.717, 1.165) is 22.4 Å². The van der Waals surface area contributed by atoms with E-state index in [4.69, 9.17) is 9.47 Å². The Morgan fingerprint density at radius 1 is 1.09 bits per heavy atom. The van der Waals surface area contributed by atoms with Crippen LogP contribution in [0.15, 0.2) is 36.4 Å². The third kappa shape index (κ3) is 3.39. The minimum Gasteiger partial charge on any atom is -0.496 e. The van der Waals surface area contributed by atoms with Gasteiger partial charge in [-0.1, -0.05) is 29.8 Å². The molecule has 1 N–H and O–H groups in total. The zero-order valence-electron chi connectivity index (χ0n) is 13.4. The standard InChI is InChI=1S/C18H21NO3/c1-12-9-13(2)17(22-4)14(10-12)11-19-18(20)15-7-5-6-8-16(15)21-3/h5-10H,11H2,1-4H3,(H,19,20). The van der Waals surface area contributed by atoms with E-state index in [1.165, 1.54) is 0 Å². The van der Waals surface area contributed by atoms with Crippen molar-refractivity contribution in [1.82, 2.24) is 5.32 Å². The highest BCUT2D eigenvalue weighted by molar-refractivity contribution is 5.96. The van der Waals surface area contributed by atoms with E-state index in [-0.39, 0.29) is 5.91 Å². The number of methoxy groups -OCH3 is 2. The molecule has 0 fully saturated rings. The number of nitrogens with one attached hydrogen (secondary N) is 1. The van der Waals surface area contributed by atoms with Gasteiger partial charge in [-0.15, -0.1) is 0 Å². The first-order valence-corrected chi connectivity index (χ1v) is 7.12. The highest BCUT2D eigenvalue weighted by Gasteiger charge is 2.13. The van der Waals surface area contributed by atoms with Crippen molar-refractivity contribution in [3.8, 4) is 11.5 Å². The molecule has 116 valence electrons. The third-order valence-electron chi connectivity index (χ3n) is 3.49. The van der Waals surface area contributed by atoms with Crippen LogP contribution in [0.1, 0.15) is 27.0 Å². The minimum absolute atomic E-state index is 0.168. The van der Waals surface area contributed by atoms with Gasteiger partial charge in [0, 0.05) is 12.1 Å². The van der Waals surface area contributed by atoms with Gasteiger partial charge in [-0.25, -0.2) is 0 Å². The molecule has 2 rings (SSSR count). The lowest BCUT2D eigenvalue weighted by atomic mass is 10.1. The molecular weight excluding hydrogens is 278 g/mol. The lowest BCUT2D eigenvalue weighted by Gasteiger charge is -2.14. The van der Waals surface area contributed by atoms with E-state index in [0.29, 0.717) is 17.9 Å². The van der Waals surface area contributed by atoms with E-state index in [9.17, 15) is 4.79 Å². The van der Waals surface area contributed by atoms with Crippen molar-refractivity contribution in [2.24, 2.45) is 0 Å². The number of hydrogen-bond acceptors (Lipinski definition) is 3. The number of amides is 1. The molecule has 0 unspecified atom stereocenters. The van der Waals surface area contributed by atoms with Gasteiger partial charge in [0.05, 0.1) is 19.8 Å². The SMILES string of the molecule is COc1ccccc1C(=O)NCc1cc(C)cc(C)c1OC. The predicted octanol–water partition coefficient (Wildman–Crippen LogP) is 3.25. The van der Waals surface area contributed by atoms with E-state index in [2.05, 4.69) is 11.4 Å². The van der Waals surface area contributed by atoms with Crippen LogP contribution in [0, 0.1) is 13.8 Å². The summed E-state index contributed by atoms with van der Waals surface area (Å²) in [6.45, 7) is 4.43. The van der Waals surface area contributed by atoms with Gasteiger partial charge in [0.15, 0.2) is 0 Å². The van der Waals surface area contributed by atoms with Gasteiger partial charge in [-0.2, -0.15) is 0 Å². The average molecular weight is 299 g/mol. The molecule has 0 radical (unpaired) electrons. The lowest BCUT2D eigenvalue weighted by Crippen LogP contribution is -2.23. The summed E-state index contributed by atoms with van der Waals surface area (Å²) in [5.74, 6) is 1.21. The van der Waals surface area contributed by atoms with Crippen LogP contribution < -0.4 is 14.8 Å². The molecule has 0 aliphatic rings. The molecule has 0 aliphatic heterocycles. The van der Waals surface area contributed by atoms with Crippen LogP contribution in [-0.2, 0) is 6.54 Å². The first-order chi connectivity index (χ1) is 10.6. The van der Waals surface area contributed by atoms with Gasteiger partial charge in [-0.3, -0.25) is 4.79 Å². The molecule has 0 atom stereocenters. The smallest absolute Gasteiger partial charge is 0.255 e. The lowest BCUT2D eigenvalue weighted by molar-refractivity contribution is 0.0947. The number of carbonyl (C=O) groups excluding carboxylic acids is 1. The quantitative estimate of drug-likeness (QED) is 0.922. The molecule has 4 nitrogen and oxygen atoms in total. The van der Waals surface area contributed by atoms with Crippen LogP contribution in [0.5, 0.6) is 11.5 Å². The summed E-state index contributed by atoms with van der Waals surface area (Å²) >= 11 is 0. The van der Waals surface area contributed by atoms with Gasteiger partial charge in [0.2, 0.25) is 0 Å². The Hall–Kier alpha value is -2.49. The molecule has 0 heterocycles. The summed E-state index contributed by atoms with van der Waals surface area (Å²) in [7, 11) is 3.20. The van der Waals surface area contributed by atoms with Crippen LogP contribution in [0.3, 0.4) is 0 Å². The Morgan fingerprint density at radius 2 is 1.82 bits per heavy atom. The fourth-order valence-corrected chi connectivity index (χ4v) is 2.57. The zero-order chi connectivity index (χ0) is 16.1. The van der Waals surface area contributed by atoms with Gasteiger partial charge in [-0.05, 0) is 31.5 Å². The molecule has 0 aromatic heterocycles. The minimum atomic E-state index is -0.168. The van der Waals surface area contributed by atoms with Crippen LogP contribution in [-0.4, -0.2) is 20.1 Å². The molecule has 0 bridgehead atoms. The number of benzene rings is 2. The Balaban J connectivity index is 2.18. The van der Waals surface area contributed by atoms with Crippen molar-refractivity contribution in [2.45, 2.75) is 20.4 Å². The number of rotatable bonds is 5. The monoisotopic (exact) mass is 299 g/mol. The first kappa shape index (κ1) is 15.9.